The molecule has 4 heteroatoms. The van der Waals surface area contributed by atoms with Crippen LogP contribution in [0.2, 0.25) is 0 Å². The lowest BCUT2D eigenvalue weighted by Gasteiger charge is -2.33. The molecule has 1 unspecified atom stereocenters. The van der Waals surface area contributed by atoms with Gasteiger partial charge in [-0.2, -0.15) is 5.10 Å². The monoisotopic (exact) mass is 338 g/mol. The van der Waals surface area contributed by atoms with Crippen LogP contribution in [0.1, 0.15) is 44.8 Å². The molecule has 4 rings (SSSR count). The zero-order chi connectivity index (χ0) is 17.1. The molecule has 3 heterocycles. The fourth-order valence-corrected chi connectivity index (χ4v) is 3.92. The fraction of sp³-hybridized carbons (Fsp3) is 0.524. The Morgan fingerprint density at radius 1 is 1.04 bits per heavy atom. The summed E-state index contributed by atoms with van der Waals surface area (Å²) in [6.07, 6.45) is 11.2. The van der Waals surface area contributed by atoms with Gasteiger partial charge in [-0.15, -0.1) is 0 Å². The molecule has 2 aliphatic rings. The Morgan fingerprint density at radius 2 is 1.84 bits per heavy atom. The predicted octanol–water partition coefficient (Wildman–Crippen LogP) is 4.69. The molecule has 1 radical (unpaired) electrons. The zero-order valence-electron chi connectivity index (χ0n) is 14.9. The molecule has 0 bridgehead atoms. The van der Waals surface area contributed by atoms with E-state index in [9.17, 15) is 0 Å². The van der Waals surface area contributed by atoms with Crippen LogP contribution in [0.25, 0.3) is 11.1 Å². The minimum absolute atomic E-state index is 0.108. The highest BCUT2D eigenvalue weighted by Gasteiger charge is 2.19. The van der Waals surface area contributed by atoms with Crippen LogP contribution in [0.4, 0.5) is 5.69 Å². The molecule has 0 aliphatic carbocycles. The van der Waals surface area contributed by atoms with Gasteiger partial charge < -0.3 is 9.64 Å². The van der Waals surface area contributed by atoms with Crippen molar-refractivity contribution in [2.24, 2.45) is 5.92 Å². The molecule has 2 fully saturated rings. The molecular formula is C21H28N3O. The first-order chi connectivity index (χ1) is 12.3. The van der Waals surface area contributed by atoms with Crippen molar-refractivity contribution in [1.82, 2.24) is 9.78 Å². The Labute approximate surface area is 150 Å². The van der Waals surface area contributed by atoms with Gasteiger partial charge in [-0.3, -0.25) is 0 Å². The van der Waals surface area contributed by atoms with Crippen LogP contribution >= 0.6 is 0 Å². The summed E-state index contributed by atoms with van der Waals surface area (Å²) in [6, 6.07) is 8.92. The van der Waals surface area contributed by atoms with Crippen LogP contribution in [0.15, 0.2) is 36.7 Å². The van der Waals surface area contributed by atoms with E-state index in [0.717, 1.165) is 50.4 Å². The van der Waals surface area contributed by atoms with Crippen LogP contribution in [0.5, 0.6) is 0 Å². The lowest BCUT2D eigenvalue weighted by molar-refractivity contribution is -0.0394. The highest BCUT2D eigenvalue weighted by Crippen LogP contribution is 2.29. The lowest BCUT2D eigenvalue weighted by atomic mass is 9.94. The van der Waals surface area contributed by atoms with Crippen molar-refractivity contribution in [1.29, 1.82) is 0 Å². The van der Waals surface area contributed by atoms with E-state index in [-0.39, 0.29) is 6.23 Å². The molecule has 0 N–H and O–H groups in total. The van der Waals surface area contributed by atoms with Gasteiger partial charge in [0.2, 0.25) is 0 Å². The number of hydrogen-bond acceptors (Lipinski definition) is 3. The number of piperidine rings is 1. The van der Waals surface area contributed by atoms with E-state index in [0.29, 0.717) is 0 Å². The second kappa shape index (κ2) is 7.61. The number of hydrogen-bond donors (Lipinski definition) is 0. The Balaban J connectivity index is 1.43. The predicted molar refractivity (Wildman–Crippen MR) is 101 cm³/mol. The molecule has 0 amide bonds. The molecule has 2 saturated heterocycles. The summed E-state index contributed by atoms with van der Waals surface area (Å²) < 4.78 is 7.80. The summed E-state index contributed by atoms with van der Waals surface area (Å²) in [5.74, 6) is 0.809. The van der Waals surface area contributed by atoms with E-state index in [1.54, 1.807) is 0 Å². The number of aromatic nitrogens is 2. The summed E-state index contributed by atoms with van der Waals surface area (Å²) in [4.78, 5) is 2.50. The van der Waals surface area contributed by atoms with Gasteiger partial charge in [-0.05, 0) is 55.7 Å². The standard InChI is InChI=1S/C21H28N3O/c1-2-17-10-12-23(13-11-17)20-8-6-18(7-9-20)19-15-22-24(16-19)21-5-3-4-14-25-21/h6-9,15-17,21H,1-5,10-14H2. The molecule has 0 spiro atoms. The maximum absolute atomic E-state index is 5.82. The maximum Gasteiger partial charge on any atom is 0.150 e. The van der Waals surface area contributed by atoms with Crippen molar-refractivity contribution in [2.45, 2.75) is 44.8 Å². The van der Waals surface area contributed by atoms with Gasteiger partial charge in [-0.1, -0.05) is 25.5 Å². The van der Waals surface area contributed by atoms with Gasteiger partial charge in [0.15, 0.2) is 0 Å². The van der Waals surface area contributed by atoms with Crippen molar-refractivity contribution in [3.05, 3.63) is 43.6 Å². The summed E-state index contributed by atoms with van der Waals surface area (Å²) in [5.41, 5.74) is 3.71. The van der Waals surface area contributed by atoms with Crippen LogP contribution in [0.3, 0.4) is 0 Å². The summed E-state index contributed by atoms with van der Waals surface area (Å²) in [5, 5.41) is 4.52. The Morgan fingerprint density at radius 3 is 2.52 bits per heavy atom. The number of nitrogens with zero attached hydrogens (tertiary/aromatic N) is 3. The first-order valence-corrected chi connectivity index (χ1v) is 9.64. The van der Waals surface area contributed by atoms with Gasteiger partial charge in [0.05, 0.1) is 6.20 Å². The molecule has 1 atom stereocenters. The third-order valence-electron chi connectivity index (χ3n) is 5.64. The smallest absolute Gasteiger partial charge is 0.150 e. The molecular weight excluding hydrogens is 310 g/mol. The van der Waals surface area contributed by atoms with Crippen LogP contribution in [-0.2, 0) is 4.74 Å². The SMILES string of the molecule is [CH2]CC1CCN(c2ccc(-c3cnn(C4CCCCO4)c3)cc2)CC1. The minimum atomic E-state index is 0.108. The minimum Gasteiger partial charge on any atom is -0.372 e. The summed E-state index contributed by atoms with van der Waals surface area (Å²) in [6.45, 7) is 7.20. The van der Waals surface area contributed by atoms with E-state index in [2.05, 4.69) is 47.4 Å². The topological polar surface area (TPSA) is 30.3 Å². The highest BCUT2D eigenvalue weighted by molar-refractivity contribution is 5.65. The highest BCUT2D eigenvalue weighted by atomic mass is 16.5. The molecule has 0 saturated carbocycles. The lowest BCUT2D eigenvalue weighted by Crippen LogP contribution is -2.33. The summed E-state index contributed by atoms with van der Waals surface area (Å²) >= 11 is 0. The molecule has 1 aromatic carbocycles. The van der Waals surface area contributed by atoms with Crippen molar-refractivity contribution in [3.8, 4) is 11.1 Å². The third-order valence-corrected chi connectivity index (χ3v) is 5.64. The zero-order valence-corrected chi connectivity index (χ0v) is 14.9. The van der Waals surface area contributed by atoms with Gasteiger partial charge in [0, 0.05) is 37.1 Å². The van der Waals surface area contributed by atoms with E-state index >= 15 is 0 Å². The van der Waals surface area contributed by atoms with Crippen molar-refractivity contribution < 1.29 is 4.74 Å². The normalized spacial score (nSPS) is 22.3. The maximum atomic E-state index is 5.82. The molecule has 4 nitrogen and oxygen atoms in total. The second-order valence-corrected chi connectivity index (χ2v) is 7.30. The molecule has 133 valence electrons. The number of benzene rings is 1. The van der Waals surface area contributed by atoms with E-state index in [1.807, 2.05) is 10.9 Å². The Kier molecular flexibility index (Phi) is 5.07. The van der Waals surface area contributed by atoms with Crippen molar-refractivity contribution in [2.75, 3.05) is 24.6 Å². The third kappa shape index (κ3) is 3.74. The molecule has 2 aromatic rings. The molecule has 1 aromatic heterocycles. The quantitative estimate of drug-likeness (QED) is 0.810. The van der Waals surface area contributed by atoms with Crippen LogP contribution < -0.4 is 4.90 Å². The Bertz CT molecular complexity index is 665. The van der Waals surface area contributed by atoms with Crippen LogP contribution in [0, 0.1) is 12.8 Å². The van der Waals surface area contributed by atoms with E-state index in [1.165, 1.54) is 30.5 Å². The van der Waals surface area contributed by atoms with Gasteiger partial charge in [-0.25, -0.2) is 4.68 Å². The summed E-state index contributed by atoms with van der Waals surface area (Å²) in [7, 11) is 0. The number of rotatable bonds is 4. The first-order valence-electron chi connectivity index (χ1n) is 9.64. The number of ether oxygens (including phenoxy) is 1. The molecule has 2 aliphatic heterocycles. The fourth-order valence-electron chi connectivity index (χ4n) is 3.92. The average Bonchev–Trinajstić information content (AvgIpc) is 3.19. The van der Waals surface area contributed by atoms with Crippen molar-refractivity contribution in [3.63, 3.8) is 0 Å². The van der Waals surface area contributed by atoms with Gasteiger partial charge in [0.1, 0.15) is 6.23 Å². The van der Waals surface area contributed by atoms with E-state index < -0.39 is 0 Å². The van der Waals surface area contributed by atoms with Gasteiger partial charge in [0.25, 0.3) is 0 Å². The van der Waals surface area contributed by atoms with Gasteiger partial charge >= 0.3 is 0 Å². The largest absolute Gasteiger partial charge is 0.372 e. The van der Waals surface area contributed by atoms with E-state index in [4.69, 9.17) is 4.74 Å². The van der Waals surface area contributed by atoms with Crippen LogP contribution in [-0.4, -0.2) is 29.5 Å². The Hall–Kier alpha value is -1.81. The average molecular weight is 338 g/mol. The number of anilines is 1. The van der Waals surface area contributed by atoms with Crippen molar-refractivity contribution >= 4 is 5.69 Å². The first kappa shape index (κ1) is 16.6. The second-order valence-electron chi connectivity index (χ2n) is 7.30. The molecule has 25 heavy (non-hydrogen) atoms.